The molecule has 0 aliphatic rings. The molecule has 0 spiro atoms. The fourth-order valence-electron chi connectivity index (χ4n) is 1.14. The average Bonchev–Trinajstić information content (AvgIpc) is 2.17. The lowest BCUT2D eigenvalue weighted by atomic mass is 9.97. The summed E-state index contributed by atoms with van der Waals surface area (Å²) in [5.41, 5.74) is -2.30. The van der Waals surface area contributed by atoms with Gasteiger partial charge in [0.2, 0.25) is 0 Å². The minimum atomic E-state index is -2.30. The van der Waals surface area contributed by atoms with Gasteiger partial charge in [-0.15, -0.1) is 0 Å². The van der Waals surface area contributed by atoms with E-state index < -0.39 is 30.8 Å². The van der Waals surface area contributed by atoms with E-state index in [-0.39, 0.29) is 6.42 Å². The van der Waals surface area contributed by atoms with Crippen LogP contribution in [0.1, 0.15) is 26.2 Å². The Labute approximate surface area is 86.8 Å². The highest BCUT2D eigenvalue weighted by atomic mass is 19.1. The van der Waals surface area contributed by atoms with Crippen LogP contribution >= 0.6 is 0 Å². The Morgan fingerprint density at radius 3 is 2.20 bits per heavy atom. The molecule has 0 aromatic carbocycles. The van der Waals surface area contributed by atoms with Crippen molar-refractivity contribution >= 4 is 11.9 Å². The van der Waals surface area contributed by atoms with E-state index in [1.165, 1.54) is 0 Å². The molecule has 0 aliphatic carbocycles. The molecule has 0 aromatic rings. The highest BCUT2D eigenvalue weighted by Crippen LogP contribution is 2.20. The van der Waals surface area contributed by atoms with Crippen molar-refractivity contribution in [2.75, 3.05) is 13.3 Å². The molecule has 0 heterocycles. The Balaban J connectivity index is 4.73. The molecule has 15 heavy (non-hydrogen) atoms. The second-order valence-electron chi connectivity index (χ2n) is 3.08. The molecule has 0 aromatic heterocycles. The van der Waals surface area contributed by atoms with Crippen molar-refractivity contribution in [1.82, 2.24) is 0 Å². The highest BCUT2D eigenvalue weighted by molar-refractivity contribution is 6.01. The number of alkyl halides is 1. The molecule has 0 fully saturated rings. The molecule has 0 saturated carbocycles. The van der Waals surface area contributed by atoms with Crippen LogP contribution in [-0.4, -0.2) is 41.0 Å². The molecule has 88 valence electrons. The van der Waals surface area contributed by atoms with Crippen LogP contribution in [0.15, 0.2) is 0 Å². The molecular weight excluding hydrogens is 207 g/mol. The van der Waals surface area contributed by atoms with E-state index in [1.54, 1.807) is 6.92 Å². The van der Waals surface area contributed by atoms with Gasteiger partial charge in [0, 0.05) is 0 Å². The lowest BCUT2D eigenvalue weighted by molar-refractivity contribution is -0.185. The van der Waals surface area contributed by atoms with Gasteiger partial charge in [0.15, 0.2) is 0 Å². The maximum absolute atomic E-state index is 11.9. The fourth-order valence-corrected chi connectivity index (χ4v) is 1.14. The van der Waals surface area contributed by atoms with Gasteiger partial charge in [0.1, 0.15) is 6.67 Å². The SMILES string of the molecule is CCCCC(OCCF)(C(=O)O)C(=O)O. The number of aliphatic carboxylic acids is 2. The Bertz CT molecular complexity index is 205. The molecule has 0 atom stereocenters. The van der Waals surface area contributed by atoms with Gasteiger partial charge in [0.25, 0.3) is 5.60 Å². The van der Waals surface area contributed by atoms with Crippen molar-refractivity contribution in [3.05, 3.63) is 0 Å². The summed E-state index contributed by atoms with van der Waals surface area (Å²) in [4.78, 5) is 21.7. The summed E-state index contributed by atoms with van der Waals surface area (Å²) in [6.07, 6.45) is 0.875. The van der Waals surface area contributed by atoms with E-state index >= 15 is 0 Å². The first-order valence-corrected chi connectivity index (χ1v) is 4.68. The minimum absolute atomic E-state index is 0.159. The number of halogens is 1. The van der Waals surface area contributed by atoms with Crippen LogP contribution in [0, 0.1) is 0 Å². The molecule has 0 amide bonds. The smallest absolute Gasteiger partial charge is 0.347 e. The summed E-state index contributed by atoms with van der Waals surface area (Å²) in [7, 11) is 0. The maximum atomic E-state index is 11.9. The largest absolute Gasteiger partial charge is 0.479 e. The van der Waals surface area contributed by atoms with Crippen molar-refractivity contribution in [1.29, 1.82) is 0 Å². The second kappa shape index (κ2) is 6.34. The van der Waals surface area contributed by atoms with Crippen molar-refractivity contribution in [3.8, 4) is 0 Å². The number of hydrogen-bond acceptors (Lipinski definition) is 3. The number of hydrogen-bond donors (Lipinski definition) is 2. The number of unbranched alkanes of at least 4 members (excludes halogenated alkanes) is 1. The van der Waals surface area contributed by atoms with Crippen LogP contribution in [0.2, 0.25) is 0 Å². The van der Waals surface area contributed by atoms with E-state index in [9.17, 15) is 14.0 Å². The Morgan fingerprint density at radius 2 is 1.87 bits per heavy atom. The summed E-state index contributed by atoms with van der Waals surface area (Å²) in [5.74, 6) is -3.17. The normalized spacial score (nSPS) is 11.3. The van der Waals surface area contributed by atoms with E-state index in [0.717, 1.165) is 0 Å². The van der Waals surface area contributed by atoms with E-state index in [0.29, 0.717) is 12.8 Å². The molecule has 6 heteroatoms. The molecule has 0 rings (SSSR count). The molecule has 0 aliphatic heterocycles. The van der Waals surface area contributed by atoms with Crippen LogP contribution in [0.5, 0.6) is 0 Å². The van der Waals surface area contributed by atoms with Crippen molar-refractivity contribution in [3.63, 3.8) is 0 Å². The topological polar surface area (TPSA) is 83.8 Å². The standard InChI is InChI=1S/C9H15FO5/c1-2-3-4-9(7(11)12,8(13)14)15-6-5-10/h2-6H2,1H3,(H,11,12)(H,13,14). The zero-order valence-electron chi connectivity index (χ0n) is 8.53. The Morgan fingerprint density at radius 1 is 1.33 bits per heavy atom. The van der Waals surface area contributed by atoms with Crippen molar-refractivity contribution < 1.29 is 28.9 Å². The van der Waals surface area contributed by atoms with Crippen LogP contribution in [0.4, 0.5) is 4.39 Å². The van der Waals surface area contributed by atoms with E-state index in [2.05, 4.69) is 4.74 Å². The number of carboxylic acids is 2. The third-order valence-corrected chi connectivity index (χ3v) is 2.00. The lowest BCUT2D eigenvalue weighted by Gasteiger charge is -2.24. The summed E-state index contributed by atoms with van der Waals surface area (Å²) >= 11 is 0. The molecular formula is C9H15FO5. The predicted molar refractivity (Wildman–Crippen MR) is 49.5 cm³/mol. The van der Waals surface area contributed by atoms with Crippen molar-refractivity contribution in [2.45, 2.75) is 31.8 Å². The van der Waals surface area contributed by atoms with Gasteiger partial charge in [0.05, 0.1) is 6.61 Å². The summed E-state index contributed by atoms with van der Waals surface area (Å²) in [6.45, 7) is 0.361. The van der Waals surface area contributed by atoms with Gasteiger partial charge in [-0.1, -0.05) is 13.3 Å². The Kier molecular flexibility index (Phi) is 5.84. The van der Waals surface area contributed by atoms with Crippen LogP contribution < -0.4 is 0 Å². The van der Waals surface area contributed by atoms with Crippen LogP contribution in [-0.2, 0) is 14.3 Å². The number of carboxylic acid groups (broad SMARTS) is 2. The first kappa shape index (κ1) is 13.8. The van der Waals surface area contributed by atoms with Gasteiger partial charge in [-0.3, -0.25) is 0 Å². The zero-order chi connectivity index (χ0) is 11.9. The number of carbonyl (C=O) groups is 2. The van der Waals surface area contributed by atoms with Gasteiger partial charge < -0.3 is 14.9 Å². The second-order valence-corrected chi connectivity index (χ2v) is 3.08. The molecule has 0 bridgehead atoms. The van der Waals surface area contributed by atoms with Gasteiger partial charge in [-0.25, -0.2) is 14.0 Å². The highest BCUT2D eigenvalue weighted by Gasteiger charge is 2.47. The summed E-state index contributed by atoms with van der Waals surface area (Å²) < 4.78 is 16.5. The third kappa shape index (κ3) is 3.47. The summed E-state index contributed by atoms with van der Waals surface area (Å²) in [6, 6.07) is 0. The summed E-state index contributed by atoms with van der Waals surface area (Å²) in [5, 5.41) is 17.6. The van der Waals surface area contributed by atoms with E-state index in [4.69, 9.17) is 10.2 Å². The number of ether oxygens (including phenoxy) is 1. The fraction of sp³-hybridized carbons (Fsp3) is 0.778. The minimum Gasteiger partial charge on any atom is -0.479 e. The van der Waals surface area contributed by atoms with Crippen LogP contribution in [0.3, 0.4) is 0 Å². The first-order valence-electron chi connectivity index (χ1n) is 4.68. The average molecular weight is 222 g/mol. The predicted octanol–water partition coefficient (Wildman–Crippen LogP) is 1.07. The maximum Gasteiger partial charge on any atom is 0.347 e. The monoisotopic (exact) mass is 222 g/mol. The molecule has 2 N–H and O–H groups in total. The molecule has 0 saturated heterocycles. The van der Waals surface area contributed by atoms with Crippen molar-refractivity contribution in [2.24, 2.45) is 0 Å². The van der Waals surface area contributed by atoms with Crippen LogP contribution in [0.25, 0.3) is 0 Å². The Hall–Kier alpha value is -1.17. The number of rotatable bonds is 8. The lowest BCUT2D eigenvalue weighted by Crippen LogP contribution is -2.49. The quantitative estimate of drug-likeness (QED) is 0.600. The van der Waals surface area contributed by atoms with E-state index in [1.807, 2.05) is 0 Å². The first-order chi connectivity index (χ1) is 7.01. The molecule has 5 nitrogen and oxygen atoms in total. The third-order valence-electron chi connectivity index (χ3n) is 2.00. The zero-order valence-corrected chi connectivity index (χ0v) is 8.53. The van der Waals surface area contributed by atoms with Gasteiger partial charge in [-0.05, 0) is 12.8 Å². The molecule has 0 unspecified atom stereocenters. The molecule has 0 radical (unpaired) electrons. The van der Waals surface area contributed by atoms with Gasteiger partial charge >= 0.3 is 11.9 Å². The van der Waals surface area contributed by atoms with Gasteiger partial charge in [-0.2, -0.15) is 0 Å².